The molecule has 0 spiro atoms. The first-order chi connectivity index (χ1) is 15.0. The van der Waals surface area contributed by atoms with Crippen molar-refractivity contribution in [1.82, 2.24) is 10.2 Å². The van der Waals surface area contributed by atoms with Crippen molar-refractivity contribution in [3.8, 4) is 5.75 Å². The molecule has 5 nitrogen and oxygen atoms in total. The first-order valence-corrected chi connectivity index (χ1v) is 13.8. The fraction of sp³-hybridized carbons (Fsp3) is 0.500. The fourth-order valence-electron chi connectivity index (χ4n) is 4.44. The number of hydrogen-bond donors (Lipinski definition) is 1. The number of carbonyl (C=O) groups is 1. The standard InChI is InChI=1S/C26H37N2O3Si.Li/c1-17-16-28(18(2)15-27-17)23(19-11-13-20(14-12-19)25(29)30)21-9-8-10-22(26(3,4)5)24(21)31-32(6)7;/h8-14,17-18,23,27H,15-16H2,1-7H3,(H,29,30);/q;+1/p-1. The Morgan fingerprint density at radius 1 is 1.15 bits per heavy atom. The summed E-state index contributed by atoms with van der Waals surface area (Å²) in [6.07, 6.45) is 0. The van der Waals surface area contributed by atoms with Crippen LogP contribution in [0.5, 0.6) is 5.75 Å². The molecule has 1 aliphatic heterocycles. The second kappa shape index (κ2) is 11.2. The summed E-state index contributed by atoms with van der Waals surface area (Å²) in [6.45, 7) is 17.2. The molecule has 0 saturated carbocycles. The van der Waals surface area contributed by atoms with E-state index in [4.69, 9.17) is 4.43 Å². The van der Waals surface area contributed by atoms with Gasteiger partial charge in [-0.1, -0.05) is 63.2 Å². The number of aromatic carboxylic acids is 1. The van der Waals surface area contributed by atoms with Gasteiger partial charge in [0, 0.05) is 30.7 Å². The smallest absolute Gasteiger partial charge is 0.545 e. The molecule has 0 amide bonds. The number of benzene rings is 2. The monoisotopic (exact) mass is 459 g/mol. The van der Waals surface area contributed by atoms with Crippen LogP contribution in [0.2, 0.25) is 13.1 Å². The molecule has 0 bridgehead atoms. The Hall–Kier alpha value is -1.56. The molecule has 1 saturated heterocycles. The molecule has 1 heterocycles. The van der Waals surface area contributed by atoms with Gasteiger partial charge in [-0.15, -0.1) is 0 Å². The summed E-state index contributed by atoms with van der Waals surface area (Å²) in [5, 5.41) is 14.9. The molecule has 0 aliphatic carbocycles. The van der Waals surface area contributed by atoms with E-state index in [2.05, 4.69) is 76.1 Å². The molecule has 3 unspecified atom stereocenters. The number of hydrogen-bond acceptors (Lipinski definition) is 5. The molecular formula is C26H36LiN2O3Si. The summed E-state index contributed by atoms with van der Waals surface area (Å²) in [6, 6.07) is 14.3. The van der Waals surface area contributed by atoms with E-state index in [1.54, 1.807) is 12.1 Å². The predicted molar refractivity (Wildman–Crippen MR) is 130 cm³/mol. The number of carbonyl (C=O) groups excluding carboxylic acids is 1. The van der Waals surface area contributed by atoms with Gasteiger partial charge in [-0.25, -0.2) is 0 Å². The van der Waals surface area contributed by atoms with Gasteiger partial charge >= 0.3 is 18.9 Å². The van der Waals surface area contributed by atoms with Crippen molar-refractivity contribution in [3.63, 3.8) is 0 Å². The average Bonchev–Trinajstić information content (AvgIpc) is 2.71. The number of carboxylic acid groups (broad SMARTS) is 1. The van der Waals surface area contributed by atoms with E-state index in [0.717, 1.165) is 30.0 Å². The molecule has 2 aromatic rings. The normalized spacial score (nSPS) is 20.2. The van der Waals surface area contributed by atoms with Crippen molar-refractivity contribution in [3.05, 3.63) is 64.7 Å². The van der Waals surface area contributed by atoms with Crippen LogP contribution in [0.3, 0.4) is 0 Å². The summed E-state index contributed by atoms with van der Waals surface area (Å²) in [5.74, 6) is -0.175. The zero-order valence-electron chi connectivity index (χ0n) is 21.4. The Kier molecular flexibility index (Phi) is 9.44. The number of piperazine rings is 1. The van der Waals surface area contributed by atoms with E-state index in [0.29, 0.717) is 12.1 Å². The van der Waals surface area contributed by atoms with Crippen molar-refractivity contribution < 1.29 is 33.2 Å². The first-order valence-electron chi connectivity index (χ1n) is 11.4. The molecule has 2 aromatic carbocycles. The van der Waals surface area contributed by atoms with E-state index in [9.17, 15) is 9.90 Å². The number of nitrogens with one attached hydrogen (secondary N) is 1. The Bertz CT molecular complexity index is 944. The van der Waals surface area contributed by atoms with Crippen LogP contribution in [0, 0.1) is 0 Å². The predicted octanol–water partition coefficient (Wildman–Crippen LogP) is 0.753. The summed E-state index contributed by atoms with van der Waals surface area (Å²) < 4.78 is 6.58. The van der Waals surface area contributed by atoms with Crippen LogP contribution in [0.25, 0.3) is 0 Å². The molecule has 7 heteroatoms. The molecule has 0 aromatic heterocycles. The van der Waals surface area contributed by atoms with Gasteiger partial charge in [-0.2, -0.15) is 0 Å². The first kappa shape index (κ1) is 27.7. The number of para-hydroxylation sites is 1. The molecule has 1 aliphatic rings. The minimum Gasteiger partial charge on any atom is -0.545 e. The van der Waals surface area contributed by atoms with Gasteiger partial charge in [0.15, 0.2) is 0 Å². The van der Waals surface area contributed by atoms with E-state index in [1.165, 1.54) is 5.56 Å². The van der Waals surface area contributed by atoms with E-state index in [-0.39, 0.29) is 35.9 Å². The third-order valence-corrected chi connectivity index (χ3v) is 6.67. The largest absolute Gasteiger partial charge is 1.00 e. The van der Waals surface area contributed by atoms with Gasteiger partial charge in [-0.3, -0.25) is 4.90 Å². The maximum Gasteiger partial charge on any atom is 1.00 e. The molecule has 1 radical (unpaired) electrons. The molecule has 1 N–H and O–H groups in total. The van der Waals surface area contributed by atoms with Crippen molar-refractivity contribution in [2.24, 2.45) is 0 Å². The summed E-state index contributed by atoms with van der Waals surface area (Å²) in [5.41, 5.74) is 3.54. The third kappa shape index (κ3) is 6.52. The van der Waals surface area contributed by atoms with Crippen LogP contribution < -0.4 is 33.7 Å². The molecule has 173 valence electrons. The molecule has 1 fully saturated rings. The summed E-state index contributed by atoms with van der Waals surface area (Å²) in [4.78, 5) is 13.8. The minimum atomic E-state index is -1.15. The number of rotatable bonds is 6. The number of nitrogens with zero attached hydrogens (tertiary/aromatic N) is 1. The summed E-state index contributed by atoms with van der Waals surface area (Å²) >= 11 is 0. The van der Waals surface area contributed by atoms with Crippen LogP contribution in [0.1, 0.15) is 67.7 Å². The second-order valence-electron chi connectivity index (χ2n) is 10.2. The maximum atomic E-state index is 11.3. The quantitative estimate of drug-likeness (QED) is 0.646. The van der Waals surface area contributed by atoms with E-state index in [1.807, 2.05) is 12.1 Å². The van der Waals surface area contributed by atoms with Crippen molar-refractivity contribution in [2.75, 3.05) is 13.1 Å². The van der Waals surface area contributed by atoms with E-state index < -0.39 is 15.0 Å². The zero-order chi connectivity index (χ0) is 23.6. The Morgan fingerprint density at radius 2 is 1.79 bits per heavy atom. The zero-order valence-corrected chi connectivity index (χ0v) is 22.4. The molecule has 33 heavy (non-hydrogen) atoms. The van der Waals surface area contributed by atoms with Crippen LogP contribution >= 0.6 is 0 Å². The Labute approximate surface area is 212 Å². The van der Waals surface area contributed by atoms with E-state index >= 15 is 0 Å². The van der Waals surface area contributed by atoms with Crippen LogP contribution in [-0.2, 0) is 5.41 Å². The molecule has 3 rings (SSSR count). The second-order valence-corrected chi connectivity index (χ2v) is 12.2. The Balaban J connectivity index is 0.00000385. The van der Waals surface area contributed by atoms with Crippen LogP contribution in [-0.4, -0.2) is 45.1 Å². The van der Waals surface area contributed by atoms with Gasteiger partial charge in [0.2, 0.25) is 0 Å². The minimum absolute atomic E-state index is 0. The van der Waals surface area contributed by atoms with Crippen LogP contribution in [0.4, 0.5) is 0 Å². The van der Waals surface area contributed by atoms with Gasteiger partial charge in [0.1, 0.15) is 5.75 Å². The van der Waals surface area contributed by atoms with Crippen LogP contribution in [0.15, 0.2) is 42.5 Å². The van der Waals surface area contributed by atoms with Gasteiger partial charge in [0.05, 0.1) is 12.0 Å². The number of carboxylic acids is 1. The van der Waals surface area contributed by atoms with Gasteiger partial charge < -0.3 is 19.6 Å². The average molecular weight is 460 g/mol. The topological polar surface area (TPSA) is 64.6 Å². The Morgan fingerprint density at radius 3 is 2.33 bits per heavy atom. The third-order valence-electron chi connectivity index (χ3n) is 6.06. The van der Waals surface area contributed by atoms with Gasteiger partial charge in [0.25, 0.3) is 9.04 Å². The fourth-order valence-corrected chi connectivity index (χ4v) is 5.08. The van der Waals surface area contributed by atoms with Crippen molar-refractivity contribution >= 4 is 15.0 Å². The van der Waals surface area contributed by atoms with Gasteiger partial charge in [-0.05, 0) is 49.0 Å². The van der Waals surface area contributed by atoms with Crippen molar-refractivity contribution in [2.45, 2.75) is 71.3 Å². The molecule has 3 atom stereocenters. The SMILES string of the molecule is CC1CN(C(c2ccc(C(=O)[O-])cc2)c2cccc(C(C)(C)C)c2O[Si](C)C)C(C)CN1.[Li+]. The maximum absolute atomic E-state index is 11.3. The molecular weight excluding hydrogens is 423 g/mol. The van der Waals surface area contributed by atoms with Crippen molar-refractivity contribution in [1.29, 1.82) is 0 Å². The summed E-state index contributed by atoms with van der Waals surface area (Å²) in [7, 11) is -0.994.